The molecule has 0 radical (unpaired) electrons. The molecule has 2 fully saturated rings. The van der Waals surface area contributed by atoms with Gasteiger partial charge in [-0.1, -0.05) is 72.8 Å². The highest BCUT2D eigenvalue weighted by Crippen LogP contribution is 2.34. The number of piperidine rings is 2. The van der Waals surface area contributed by atoms with E-state index >= 15 is 0 Å². The van der Waals surface area contributed by atoms with Gasteiger partial charge in [-0.25, -0.2) is 9.97 Å². The Kier molecular flexibility index (Phi) is 10.5. The summed E-state index contributed by atoms with van der Waals surface area (Å²) in [5.41, 5.74) is 5.91. The highest BCUT2D eigenvalue weighted by atomic mass is 16.2. The van der Waals surface area contributed by atoms with Crippen LogP contribution in [0.1, 0.15) is 75.8 Å². The van der Waals surface area contributed by atoms with Gasteiger partial charge in [0.25, 0.3) is 11.8 Å². The summed E-state index contributed by atoms with van der Waals surface area (Å²) >= 11 is 0. The minimum absolute atomic E-state index is 0.0435. The average Bonchev–Trinajstić information content (AvgIpc) is 3.14. The van der Waals surface area contributed by atoms with E-state index in [1.807, 2.05) is 43.0 Å². The zero-order valence-electron chi connectivity index (χ0n) is 28.8. The maximum atomic E-state index is 13.4. The number of ketones is 1. The van der Waals surface area contributed by atoms with Crippen LogP contribution in [0.15, 0.2) is 91.3 Å². The Balaban J connectivity index is 1.07. The predicted octanol–water partition coefficient (Wildman–Crippen LogP) is 5.76. The first kappa shape index (κ1) is 34.0. The molecule has 2 aliphatic rings. The Morgan fingerprint density at radius 3 is 2.00 bits per heavy atom. The van der Waals surface area contributed by atoms with Gasteiger partial charge in [0.05, 0.1) is 17.0 Å². The Morgan fingerprint density at radius 2 is 1.39 bits per heavy atom. The molecular weight excluding hydrogens is 612 g/mol. The number of nitrogens with zero attached hydrogens (tertiary/aromatic N) is 5. The molecule has 49 heavy (non-hydrogen) atoms. The SMILES string of the molecule is Cc1ncnc(C)c1C(=O)N1CCC(C)(N2CCC(N(Cc3ccccc3)c3ccc(CNC(=O)C(=O)c4ccccc4)cc3)CC2)CC1. The van der Waals surface area contributed by atoms with Gasteiger partial charge in [-0.3, -0.25) is 19.3 Å². The number of rotatable bonds is 10. The summed E-state index contributed by atoms with van der Waals surface area (Å²) in [6.07, 6.45) is 5.50. The van der Waals surface area contributed by atoms with Crippen LogP contribution in [0.5, 0.6) is 0 Å². The maximum Gasteiger partial charge on any atom is 0.292 e. The minimum Gasteiger partial charge on any atom is -0.364 e. The summed E-state index contributed by atoms with van der Waals surface area (Å²) in [5.74, 6) is -1.09. The van der Waals surface area contributed by atoms with Crippen LogP contribution in [0.4, 0.5) is 5.69 Å². The molecule has 0 bridgehead atoms. The third-order valence-electron chi connectivity index (χ3n) is 10.4. The van der Waals surface area contributed by atoms with E-state index in [9.17, 15) is 14.4 Å². The van der Waals surface area contributed by atoms with Crippen LogP contribution in [0.2, 0.25) is 0 Å². The van der Waals surface area contributed by atoms with Gasteiger partial charge in [-0.2, -0.15) is 0 Å². The van der Waals surface area contributed by atoms with E-state index in [4.69, 9.17) is 0 Å². The van der Waals surface area contributed by atoms with Crippen molar-refractivity contribution in [1.82, 2.24) is 25.1 Å². The van der Waals surface area contributed by atoms with Gasteiger partial charge in [-0.05, 0) is 69.7 Å². The van der Waals surface area contributed by atoms with Crippen molar-refractivity contribution in [2.24, 2.45) is 0 Å². The predicted molar refractivity (Wildman–Crippen MR) is 191 cm³/mol. The molecule has 2 aliphatic heterocycles. The fourth-order valence-electron chi connectivity index (χ4n) is 7.29. The van der Waals surface area contributed by atoms with Crippen molar-refractivity contribution >= 4 is 23.3 Å². The van der Waals surface area contributed by atoms with Crippen LogP contribution in [0, 0.1) is 13.8 Å². The Bertz CT molecular complexity index is 1730. The van der Waals surface area contributed by atoms with Gasteiger partial charge in [0.2, 0.25) is 5.78 Å². The molecule has 0 spiro atoms. The molecule has 9 nitrogen and oxygen atoms in total. The lowest BCUT2D eigenvalue weighted by Gasteiger charge is -2.50. The van der Waals surface area contributed by atoms with Gasteiger partial charge >= 0.3 is 0 Å². The van der Waals surface area contributed by atoms with Gasteiger partial charge in [0.1, 0.15) is 6.33 Å². The summed E-state index contributed by atoms with van der Waals surface area (Å²) in [4.78, 5) is 54.0. The fourth-order valence-corrected chi connectivity index (χ4v) is 7.29. The molecule has 0 atom stereocenters. The zero-order chi connectivity index (χ0) is 34.4. The molecule has 6 rings (SSSR count). The number of carbonyl (C=O) groups excluding carboxylic acids is 3. The third kappa shape index (κ3) is 7.89. The van der Waals surface area contributed by atoms with Crippen molar-refractivity contribution < 1.29 is 14.4 Å². The zero-order valence-corrected chi connectivity index (χ0v) is 28.8. The number of nitrogens with one attached hydrogen (secondary N) is 1. The van der Waals surface area contributed by atoms with E-state index in [0.717, 1.165) is 81.0 Å². The molecule has 3 aromatic carbocycles. The lowest BCUT2D eigenvalue weighted by atomic mass is 9.85. The van der Waals surface area contributed by atoms with Crippen molar-refractivity contribution in [1.29, 1.82) is 0 Å². The van der Waals surface area contributed by atoms with Crippen molar-refractivity contribution in [3.63, 3.8) is 0 Å². The maximum absolute atomic E-state index is 13.4. The molecular formula is C40H46N6O3. The molecule has 0 saturated carbocycles. The molecule has 4 aromatic rings. The van der Waals surface area contributed by atoms with Crippen molar-refractivity contribution in [3.8, 4) is 0 Å². The number of hydrogen-bond acceptors (Lipinski definition) is 7. The first-order chi connectivity index (χ1) is 23.7. The lowest BCUT2D eigenvalue weighted by Crippen LogP contribution is -2.58. The van der Waals surface area contributed by atoms with E-state index in [2.05, 4.69) is 68.4 Å². The Labute approximate surface area is 289 Å². The fraction of sp³-hybridized carbons (Fsp3) is 0.375. The summed E-state index contributed by atoms with van der Waals surface area (Å²) in [6, 6.07) is 27.9. The van der Waals surface area contributed by atoms with E-state index in [0.29, 0.717) is 17.2 Å². The number of carbonyl (C=O) groups is 3. The van der Waals surface area contributed by atoms with Crippen LogP contribution < -0.4 is 10.2 Å². The monoisotopic (exact) mass is 658 g/mol. The number of aryl methyl sites for hydroxylation is 2. The molecule has 0 aliphatic carbocycles. The molecule has 2 saturated heterocycles. The van der Waals surface area contributed by atoms with Crippen LogP contribution >= 0.6 is 0 Å². The van der Waals surface area contributed by atoms with Gasteiger partial charge < -0.3 is 15.1 Å². The summed E-state index contributed by atoms with van der Waals surface area (Å²) in [5, 5.41) is 2.78. The van der Waals surface area contributed by atoms with Gasteiger partial charge in [-0.15, -0.1) is 0 Å². The number of aromatic nitrogens is 2. The second-order valence-electron chi connectivity index (χ2n) is 13.6. The van der Waals surface area contributed by atoms with Crippen molar-refractivity contribution in [2.45, 2.75) is 71.1 Å². The highest BCUT2D eigenvalue weighted by molar-refractivity contribution is 6.42. The number of hydrogen-bond donors (Lipinski definition) is 1. The van der Waals surface area contributed by atoms with Crippen molar-refractivity contribution in [2.75, 3.05) is 31.1 Å². The first-order valence-electron chi connectivity index (χ1n) is 17.3. The number of likely N-dealkylation sites (tertiary alicyclic amines) is 2. The van der Waals surface area contributed by atoms with Gasteiger partial charge in [0, 0.05) is 62.1 Å². The van der Waals surface area contributed by atoms with E-state index in [1.165, 1.54) is 11.9 Å². The molecule has 3 heterocycles. The summed E-state index contributed by atoms with van der Waals surface area (Å²) < 4.78 is 0. The van der Waals surface area contributed by atoms with E-state index in [-0.39, 0.29) is 18.0 Å². The molecule has 2 amide bonds. The highest BCUT2D eigenvalue weighted by Gasteiger charge is 2.39. The molecule has 1 aromatic heterocycles. The second-order valence-corrected chi connectivity index (χ2v) is 13.6. The Morgan fingerprint density at radius 1 is 0.796 bits per heavy atom. The van der Waals surface area contributed by atoms with Gasteiger partial charge in [0.15, 0.2) is 0 Å². The average molecular weight is 659 g/mol. The molecule has 0 unspecified atom stereocenters. The lowest BCUT2D eigenvalue weighted by molar-refractivity contribution is -0.117. The smallest absolute Gasteiger partial charge is 0.292 e. The van der Waals surface area contributed by atoms with E-state index in [1.54, 1.807) is 24.3 Å². The first-order valence-corrected chi connectivity index (χ1v) is 17.3. The minimum atomic E-state index is -0.602. The van der Waals surface area contributed by atoms with Crippen LogP contribution in [-0.4, -0.2) is 75.1 Å². The molecule has 9 heteroatoms. The number of anilines is 1. The standard InChI is InChI=1S/C40H46N6O3/c1-29-36(30(2)43-28-42-29)39(49)44-24-20-40(3,21-25-44)45-22-18-35(19-23-45)46(27-32-10-6-4-7-11-32)34-16-14-31(15-17-34)26-41-38(48)37(47)33-12-8-5-9-13-33/h4-17,28,35H,18-27H2,1-3H3,(H,41,48). The molecule has 1 N–H and O–H groups in total. The number of amides is 2. The van der Waals surface area contributed by atoms with Crippen LogP contribution in [0.3, 0.4) is 0 Å². The largest absolute Gasteiger partial charge is 0.364 e. The normalized spacial score (nSPS) is 16.6. The number of benzene rings is 3. The molecule has 254 valence electrons. The van der Waals surface area contributed by atoms with E-state index < -0.39 is 11.7 Å². The number of Topliss-reactive ketones (excluding diaryl/α,β-unsaturated/α-hetero) is 1. The topological polar surface area (TPSA) is 98.7 Å². The summed E-state index contributed by atoms with van der Waals surface area (Å²) in [7, 11) is 0. The second kappa shape index (κ2) is 15.1. The summed E-state index contributed by atoms with van der Waals surface area (Å²) in [6.45, 7) is 10.7. The quantitative estimate of drug-likeness (QED) is 0.171. The van der Waals surface area contributed by atoms with Crippen molar-refractivity contribution in [3.05, 3.63) is 125 Å². The van der Waals surface area contributed by atoms with Crippen LogP contribution in [0.25, 0.3) is 0 Å². The van der Waals surface area contributed by atoms with Crippen LogP contribution in [-0.2, 0) is 17.9 Å². The third-order valence-corrected chi connectivity index (χ3v) is 10.4. The Hall–Kier alpha value is -4.89.